The summed E-state index contributed by atoms with van der Waals surface area (Å²) < 4.78 is 1.62. The number of nitrogens with zero attached hydrogens (tertiary/aromatic N) is 2. The van der Waals surface area contributed by atoms with Gasteiger partial charge in [0, 0.05) is 38.4 Å². The number of aromatic nitrogens is 1. The molecule has 1 atom stereocenters. The van der Waals surface area contributed by atoms with Crippen LogP contribution in [0.1, 0.15) is 30.9 Å². The van der Waals surface area contributed by atoms with Crippen molar-refractivity contribution >= 4 is 0 Å². The monoisotopic (exact) mass is 296 g/mol. The Morgan fingerprint density at radius 3 is 2.45 bits per heavy atom. The van der Waals surface area contributed by atoms with Gasteiger partial charge in [0.2, 0.25) is 0 Å². The van der Waals surface area contributed by atoms with E-state index < -0.39 is 0 Å². The van der Waals surface area contributed by atoms with Crippen molar-refractivity contribution < 1.29 is 0 Å². The molecular weight excluding hydrogens is 272 g/mol. The molecule has 0 radical (unpaired) electrons. The molecule has 1 aliphatic rings. The fourth-order valence-electron chi connectivity index (χ4n) is 2.96. The van der Waals surface area contributed by atoms with Crippen LogP contribution in [-0.2, 0) is 20.1 Å². The molecule has 1 aromatic heterocycles. The summed E-state index contributed by atoms with van der Waals surface area (Å²) in [7, 11) is 1.79. The lowest BCUT2D eigenvalue weighted by Gasteiger charge is -2.29. The van der Waals surface area contributed by atoms with Gasteiger partial charge in [-0.05, 0) is 42.9 Å². The molecule has 0 aliphatic heterocycles. The molecule has 1 aromatic carbocycles. The second kappa shape index (κ2) is 6.49. The minimum absolute atomic E-state index is 0.0660. The molecule has 3 rings (SSSR count). The van der Waals surface area contributed by atoms with Crippen LogP contribution in [0.25, 0.3) is 0 Å². The van der Waals surface area contributed by atoms with Crippen molar-refractivity contribution in [1.82, 2.24) is 9.47 Å². The Kier molecular flexibility index (Phi) is 4.44. The molecule has 116 valence electrons. The van der Waals surface area contributed by atoms with Gasteiger partial charge in [-0.15, -0.1) is 0 Å². The Bertz CT molecular complexity index is 673. The summed E-state index contributed by atoms with van der Waals surface area (Å²) in [4.78, 5) is 14.3. The minimum atomic E-state index is 0.0660. The third-order valence-electron chi connectivity index (χ3n) is 4.66. The van der Waals surface area contributed by atoms with Crippen molar-refractivity contribution in [3.8, 4) is 0 Å². The van der Waals surface area contributed by atoms with Crippen LogP contribution < -0.4 is 5.56 Å². The number of hydrogen-bond donors (Lipinski definition) is 0. The topological polar surface area (TPSA) is 25.2 Å². The molecule has 1 aliphatic carbocycles. The van der Waals surface area contributed by atoms with Gasteiger partial charge < -0.3 is 4.57 Å². The maximum Gasteiger partial charge on any atom is 0.250 e. The van der Waals surface area contributed by atoms with Crippen molar-refractivity contribution in [2.75, 3.05) is 0 Å². The molecule has 22 heavy (non-hydrogen) atoms. The molecule has 0 N–H and O–H groups in total. The van der Waals surface area contributed by atoms with Gasteiger partial charge in [0.15, 0.2) is 0 Å². The van der Waals surface area contributed by atoms with Gasteiger partial charge in [0.1, 0.15) is 0 Å². The van der Waals surface area contributed by atoms with Gasteiger partial charge in [-0.3, -0.25) is 9.69 Å². The molecule has 3 heteroatoms. The van der Waals surface area contributed by atoms with Crippen molar-refractivity contribution in [2.24, 2.45) is 13.0 Å². The zero-order valence-corrected chi connectivity index (χ0v) is 13.4. The van der Waals surface area contributed by atoms with E-state index in [0.717, 1.165) is 24.6 Å². The molecule has 3 nitrogen and oxygen atoms in total. The first-order valence-corrected chi connectivity index (χ1v) is 8.07. The number of aryl methyl sites for hydroxylation is 1. The van der Waals surface area contributed by atoms with E-state index in [1.54, 1.807) is 17.7 Å². The summed E-state index contributed by atoms with van der Waals surface area (Å²) in [5.41, 5.74) is 2.50. The lowest BCUT2D eigenvalue weighted by Crippen LogP contribution is -2.34. The molecule has 0 saturated heterocycles. The highest BCUT2D eigenvalue weighted by Gasteiger charge is 2.32. The fourth-order valence-corrected chi connectivity index (χ4v) is 2.96. The Balaban J connectivity index is 1.78. The van der Waals surface area contributed by atoms with E-state index in [2.05, 4.69) is 48.2 Å². The molecule has 0 unspecified atom stereocenters. The van der Waals surface area contributed by atoms with E-state index in [4.69, 9.17) is 0 Å². The van der Waals surface area contributed by atoms with E-state index >= 15 is 0 Å². The maximum atomic E-state index is 11.8. The largest absolute Gasteiger partial charge is 0.319 e. The van der Waals surface area contributed by atoms with Crippen LogP contribution >= 0.6 is 0 Å². The molecule has 0 spiro atoms. The highest BCUT2D eigenvalue weighted by Crippen LogP contribution is 2.36. The smallest absolute Gasteiger partial charge is 0.250 e. The summed E-state index contributed by atoms with van der Waals surface area (Å²) in [5.74, 6) is 0.815. The van der Waals surface area contributed by atoms with E-state index in [9.17, 15) is 4.79 Å². The second-order valence-electron chi connectivity index (χ2n) is 6.45. The summed E-state index contributed by atoms with van der Waals surface area (Å²) >= 11 is 0. The van der Waals surface area contributed by atoms with Crippen molar-refractivity contribution in [3.63, 3.8) is 0 Å². The summed E-state index contributed by atoms with van der Waals surface area (Å²) in [6.45, 7) is 4.10. The highest BCUT2D eigenvalue weighted by molar-refractivity contribution is 5.16. The maximum absolute atomic E-state index is 11.8. The van der Waals surface area contributed by atoms with Crippen LogP contribution in [0.2, 0.25) is 0 Å². The average molecular weight is 296 g/mol. The van der Waals surface area contributed by atoms with Crippen molar-refractivity contribution in [3.05, 3.63) is 70.1 Å². The van der Waals surface area contributed by atoms with Crippen LogP contribution in [-0.4, -0.2) is 15.5 Å². The first-order valence-electron chi connectivity index (χ1n) is 8.07. The Morgan fingerprint density at radius 2 is 1.82 bits per heavy atom. The third kappa shape index (κ3) is 3.66. The Hall–Kier alpha value is -1.87. The van der Waals surface area contributed by atoms with E-state index in [0.29, 0.717) is 6.04 Å². The molecule has 1 saturated carbocycles. The van der Waals surface area contributed by atoms with Crippen LogP contribution in [0.4, 0.5) is 0 Å². The Labute approximate surface area is 132 Å². The van der Waals surface area contributed by atoms with Gasteiger partial charge in [-0.2, -0.15) is 0 Å². The van der Waals surface area contributed by atoms with Crippen LogP contribution in [0.3, 0.4) is 0 Å². The predicted octanol–water partition coefficient (Wildman–Crippen LogP) is 3.19. The first kappa shape index (κ1) is 15.0. The highest BCUT2D eigenvalue weighted by atomic mass is 16.1. The normalized spacial score (nSPS) is 16.0. The van der Waals surface area contributed by atoms with Crippen LogP contribution in [0, 0.1) is 5.92 Å². The van der Waals surface area contributed by atoms with Crippen molar-refractivity contribution in [1.29, 1.82) is 0 Å². The molecule has 0 amide bonds. The lowest BCUT2D eigenvalue weighted by atomic mass is 10.1. The Morgan fingerprint density at radius 1 is 1.14 bits per heavy atom. The number of rotatable bonds is 6. The van der Waals surface area contributed by atoms with Gasteiger partial charge >= 0.3 is 0 Å². The van der Waals surface area contributed by atoms with Gasteiger partial charge in [-0.1, -0.05) is 30.3 Å². The van der Waals surface area contributed by atoms with Gasteiger partial charge in [-0.25, -0.2) is 0 Å². The minimum Gasteiger partial charge on any atom is -0.319 e. The van der Waals surface area contributed by atoms with Crippen LogP contribution in [0.15, 0.2) is 53.5 Å². The molecular formula is C19H24N2O. The molecule has 2 aromatic rings. The van der Waals surface area contributed by atoms with E-state index in [1.807, 2.05) is 6.20 Å². The predicted molar refractivity (Wildman–Crippen MR) is 89.6 cm³/mol. The van der Waals surface area contributed by atoms with E-state index in [-0.39, 0.29) is 5.56 Å². The van der Waals surface area contributed by atoms with Gasteiger partial charge in [0.05, 0.1) is 0 Å². The van der Waals surface area contributed by atoms with Crippen LogP contribution in [0.5, 0.6) is 0 Å². The number of benzene rings is 1. The number of hydrogen-bond acceptors (Lipinski definition) is 2. The third-order valence-corrected chi connectivity index (χ3v) is 4.66. The van der Waals surface area contributed by atoms with E-state index in [1.165, 1.54) is 18.4 Å². The zero-order valence-electron chi connectivity index (χ0n) is 13.4. The summed E-state index contributed by atoms with van der Waals surface area (Å²) in [5, 5.41) is 0. The average Bonchev–Trinajstić information content (AvgIpc) is 3.35. The fraction of sp³-hybridized carbons (Fsp3) is 0.421. The molecule has 0 bridgehead atoms. The SMILES string of the molecule is C[C@@H](C1CC1)N(Cc1ccccc1)Cc1ccn(C)c(=O)c1. The quantitative estimate of drug-likeness (QED) is 0.818. The molecule has 1 heterocycles. The standard InChI is InChI=1S/C19H24N2O/c1-15(18-8-9-18)21(13-16-6-4-3-5-7-16)14-17-10-11-20(2)19(22)12-17/h3-7,10-12,15,18H,8-9,13-14H2,1-2H3/t15-/m0/s1. The zero-order chi connectivity index (χ0) is 15.5. The first-order chi connectivity index (χ1) is 10.6. The number of pyridine rings is 1. The summed E-state index contributed by atoms with van der Waals surface area (Å²) in [6.07, 6.45) is 4.53. The van der Waals surface area contributed by atoms with Gasteiger partial charge in [0.25, 0.3) is 5.56 Å². The second-order valence-corrected chi connectivity index (χ2v) is 6.45. The lowest BCUT2D eigenvalue weighted by molar-refractivity contribution is 0.172. The summed E-state index contributed by atoms with van der Waals surface area (Å²) in [6, 6.07) is 15.0. The van der Waals surface area contributed by atoms with Crippen molar-refractivity contribution in [2.45, 2.75) is 38.9 Å². The molecule has 1 fully saturated rings.